The van der Waals surface area contributed by atoms with Gasteiger partial charge in [-0.3, -0.25) is 9.59 Å². The molecule has 1 N–H and O–H groups in total. The topological polar surface area (TPSA) is 85.3 Å². The van der Waals surface area contributed by atoms with Crippen LogP contribution >= 0.6 is 0 Å². The molecule has 7 nitrogen and oxygen atoms in total. The van der Waals surface area contributed by atoms with E-state index >= 15 is 0 Å². The summed E-state index contributed by atoms with van der Waals surface area (Å²) in [6, 6.07) is 13.4. The lowest BCUT2D eigenvalue weighted by molar-refractivity contribution is -0.140. The number of carbonyl (C=O) groups excluding carboxylic acids is 2. The number of benzene rings is 2. The molecule has 35 heavy (non-hydrogen) atoms. The first-order valence-electron chi connectivity index (χ1n) is 12.0. The fourth-order valence-corrected chi connectivity index (χ4v) is 3.78. The van der Waals surface area contributed by atoms with Crippen LogP contribution < -0.4 is 9.47 Å². The fourth-order valence-electron chi connectivity index (χ4n) is 3.78. The molecule has 1 atom stereocenters. The zero-order valence-corrected chi connectivity index (χ0v) is 21.1. The molecule has 1 heterocycles. The monoisotopic (exact) mass is 481 g/mol. The van der Waals surface area contributed by atoms with Crippen LogP contribution in [0.5, 0.6) is 11.5 Å². The number of hydrogen-bond donors (Lipinski definition) is 1. The van der Waals surface area contributed by atoms with Crippen LogP contribution in [0.25, 0.3) is 5.76 Å². The van der Waals surface area contributed by atoms with Gasteiger partial charge >= 0.3 is 0 Å². The number of aliphatic hydroxyl groups excluding tert-OH is 1. The Morgan fingerprint density at radius 1 is 0.886 bits per heavy atom. The summed E-state index contributed by atoms with van der Waals surface area (Å²) in [6.45, 7) is 9.91. The second-order valence-electron chi connectivity index (χ2n) is 9.49. The number of Topliss-reactive ketones (excluding diaryl/α,β-unsaturated/α-hetero) is 1. The van der Waals surface area contributed by atoms with E-state index in [9.17, 15) is 14.7 Å². The zero-order valence-electron chi connectivity index (χ0n) is 21.1. The van der Waals surface area contributed by atoms with Gasteiger partial charge in [0.1, 0.15) is 17.3 Å². The second kappa shape index (κ2) is 11.9. The molecule has 7 heteroatoms. The van der Waals surface area contributed by atoms with Gasteiger partial charge in [0.2, 0.25) is 0 Å². The normalized spacial score (nSPS) is 17.5. The van der Waals surface area contributed by atoms with E-state index < -0.39 is 17.7 Å². The third-order valence-corrected chi connectivity index (χ3v) is 5.57. The standard InChI is InChI=1S/C28H35NO6/c1-18(2)16-34-22-10-6-20(7-11-22)25-24(27(31)28(32)29(25)14-15-33-5)26(30)21-8-12-23(13-9-21)35-17-19(3)4/h6-13,18-19,25,30H,14-17H2,1-5H3/b26-24-. The molecule has 0 saturated carbocycles. The number of hydrogen-bond acceptors (Lipinski definition) is 6. The van der Waals surface area contributed by atoms with E-state index in [1.165, 1.54) is 12.0 Å². The molecule has 188 valence electrons. The lowest BCUT2D eigenvalue weighted by Gasteiger charge is -2.25. The second-order valence-corrected chi connectivity index (χ2v) is 9.49. The number of aliphatic hydroxyl groups is 1. The van der Waals surface area contributed by atoms with Crippen molar-refractivity contribution in [1.82, 2.24) is 4.90 Å². The van der Waals surface area contributed by atoms with Crippen LogP contribution in [-0.4, -0.2) is 55.2 Å². The Hall–Kier alpha value is -3.32. The van der Waals surface area contributed by atoms with E-state index in [2.05, 4.69) is 27.7 Å². The molecule has 1 aliphatic rings. The van der Waals surface area contributed by atoms with Crippen molar-refractivity contribution in [2.45, 2.75) is 33.7 Å². The van der Waals surface area contributed by atoms with Crippen molar-refractivity contribution in [3.8, 4) is 11.5 Å². The summed E-state index contributed by atoms with van der Waals surface area (Å²) in [4.78, 5) is 27.4. The third kappa shape index (κ3) is 6.42. The van der Waals surface area contributed by atoms with Gasteiger partial charge in [0, 0.05) is 19.2 Å². The minimum atomic E-state index is -0.735. The van der Waals surface area contributed by atoms with Crippen molar-refractivity contribution in [3.05, 3.63) is 65.2 Å². The van der Waals surface area contributed by atoms with Gasteiger partial charge in [-0.25, -0.2) is 0 Å². The molecule has 2 aromatic rings. The predicted octanol–water partition coefficient (Wildman–Crippen LogP) is 4.82. The van der Waals surface area contributed by atoms with Crippen LogP contribution in [0.15, 0.2) is 54.1 Å². The molecule has 0 bridgehead atoms. The Morgan fingerprint density at radius 2 is 1.40 bits per heavy atom. The average molecular weight is 482 g/mol. The first-order chi connectivity index (χ1) is 16.7. The maximum absolute atomic E-state index is 13.1. The molecular weight excluding hydrogens is 446 g/mol. The number of ether oxygens (including phenoxy) is 3. The molecule has 3 rings (SSSR count). The highest BCUT2D eigenvalue weighted by atomic mass is 16.5. The van der Waals surface area contributed by atoms with E-state index in [0.29, 0.717) is 47.7 Å². The van der Waals surface area contributed by atoms with Crippen LogP contribution in [0.4, 0.5) is 0 Å². The number of likely N-dealkylation sites (tertiary alicyclic amines) is 1. The number of carbonyl (C=O) groups is 2. The van der Waals surface area contributed by atoms with Crippen LogP contribution in [0.1, 0.15) is 44.9 Å². The van der Waals surface area contributed by atoms with Crippen LogP contribution in [-0.2, 0) is 14.3 Å². The van der Waals surface area contributed by atoms with Crippen molar-refractivity contribution in [2.75, 3.05) is 33.5 Å². The molecule has 1 saturated heterocycles. The summed E-state index contributed by atoms with van der Waals surface area (Å²) in [7, 11) is 1.54. The smallest absolute Gasteiger partial charge is 0.295 e. The van der Waals surface area contributed by atoms with Crippen molar-refractivity contribution in [3.63, 3.8) is 0 Å². The maximum atomic E-state index is 13.1. The number of methoxy groups -OCH3 is 1. The molecule has 2 aromatic carbocycles. The van der Waals surface area contributed by atoms with Gasteiger partial charge in [0.05, 0.1) is 31.4 Å². The minimum Gasteiger partial charge on any atom is -0.507 e. The van der Waals surface area contributed by atoms with Crippen molar-refractivity contribution in [2.24, 2.45) is 11.8 Å². The van der Waals surface area contributed by atoms with Crippen LogP contribution in [0.2, 0.25) is 0 Å². The molecule has 1 unspecified atom stereocenters. The van der Waals surface area contributed by atoms with Gasteiger partial charge in [0.15, 0.2) is 0 Å². The number of amides is 1. The Kier molecular flexibility index (Phi) is 8.93. The molecular formula is C28H35NO6. The van der Waals surface area contributed by atoms with Gasteiger partial charge in [-0.15, -0.1) is 0 Å². The Morgan fingerprint density at radius 3 is 1.89 bits per heavy atom. The van der Waals surface area contributed by atoms with Gasteiger partial charge in [-0.2, -0.15) is 0 Å². The Bertz CT molecular complexity index is 1040. The third-order valence-electron chi connectivity index (χ3n) is 5.57. The summed E-state index contributed by atoms with van der Waals surface area (Å²) in [5.74, 6) is 0.544. The number of ketones is 1. The van der Waals surface area contributed by atoms with Gasteiger partial charge in [0.25, 0.3) is 11.7 Å². The quantitative estimate of drug-likeness (QED) is 0.281. The number of rotatable bonds is 11. The highest BCUT2D eigenvalue weighted by Gasteiger charge is 2.45. The van der Waals surface area contributed by atoms with Gasteiger partial charge in [-0.1, -0.05) is 39.8 Å². The number of nitrogens with zero attached hydrogens (tertiary/aromatic N) is 1. The first-order valence-corrected chi connectivity index (χ1v) is 12.0. The average Bonchev–Trinajstić information content (AvgIpc) is 3.10. The van der Waals surface area contributed by atoms with Crippen LogP contribution in [0.3, 0.4) is 0 Å². The Labute approximate surface area is 207 Å². The highest BCUT2D eigenvalue weighted by Crippen LogP contribution is 2.39. The molecule has 0 radical (unpaired) electrons. The van der Waals surface area contributed by atoms with E-state index in [-0.39, 0.29) is 24.5 Å². The van der Waals surface area contributed by atoms with Crippen molar-refractivity contribution < 1.29 is 28.9 Å². The summed E-state index contributed by atoms with van der Waals surface area (Å²) >= 11 is 0. The molecule has 1 aliphatic heterocycles. The largest absolute Gasteiger partial charge is 0.507 e. The summed E-state index contributed by atoms with van der Waals surface area (Å²) in [5.41, 5.74) is 1.20. The van der Waals surface area contributed by atoms with Gasteiger partial charge in [-0.05, 0) is 53.8 Å². The van der Waals surface area contributed by atoms with Gasteiger partial charge < -0.3 is 24.2 Å². The molecule has 0 spiro atoms. The van der Waals surface area contributed by atoms with Crippen molar-refractivity contribution >= 4 is 17.4 Å². The molecule has 1 amide bonds. The summed E-state index contributed by atoms with van der Waals surface area (Å²) in [6.07, 6.45) is 0. The SMILES string of the molecule is COCCN1C(=O)C(=O)/C(=C(\O)c2ccc(OCC(C)C)cc2)C1c1ccc(OCC(C)C)cc1. The molecule has 0 aliphatic carbocycles. The van der Waals surface area contributed by atoms with E-state index in [4.69, 9.17) is 14.2 Å². The Balaban J connectivity index is 1.97. The van der Waals surface area contributed by atoms with Crippen molar-refractivity contribution in [1.29, 1.82) is 0 Å². The first kappa shape index (κ1) is 26.3. The molecule has 1 fully saturated rings. The fraction of sp³-hybridized carbons (Fsp3) is 0.429. The summed E-state index contributed by atoms with van der Waals surface area (Å²) < 4.78 is 16.6. The summed E-state index contributed by atoms with van der Waals surface area (Å²) in [5, 5.41) is 11.2. The van der Waals surface area contributed by atoms with E-state index in [0.717, 1.165) is 0 Å². The zero-order chi connectivity index (χ0) is 25.5. The lowest BCUT2D eigenvalue weighted by atomic mass is 9.95. The highest BCUT2D eigenvalue weighted by molar-refractivity contribution is 6.46. The maximum Gasteiger partial charge on any atom is 0.295 e. The predicted molar refractivity (Wildman–Crippen MR) is 134 cm³/mol. The minimum absolute atomic E-state index is 0.0535. The lowest BCUT2D eigenvalue weighted by Crippen LogP contribution is -2.32. The van der Waals surface area contributed by atoms with E-state index in [1.807, 2.05) is 24.3 Å². The molecule has 0 aromatic heterocycles. The van der Waals surface area contributed by atoms with Crippen LogP contribution in [0, 0.1) is 11.8 Å². The van der Waals surface area contributed by atoms with E-state index in [1.54, 1.807) is 24.3 Å².